The predicted octanol–water partition coefficient (Wildman–Crippen LogP) is 0.925. The van der Waals surface area contributed by atoms with Crippen LogP contribution in [0.3, 0.4) is 0 Å². The van der Waals surface area contributed by atoms with E-state index in [4.69, 9.17) is 0 Å². The van der Waals surface area contributed by atoms with Gasteiger partial charge in [0, 0.05) is 20.5 Å². The lowest BCUT2D eigenvalue weighted by Crippen LogP contribution is -2.28. The van der Waals surface area contributed by atoms with Crippen molar-refractivity contribution < 1.29 is 4.79 Å². The number of carbonyl (C=O) groups is 1. The molecule has 0 bridgehead atoms. The summed E-state index contributed by atoms with van der Waals surface area (Å²) in [4.78, 5) is 11.4. The highest BCUT2D eigenvalue weighted by molar-refractivity contribution is 6.39. The standard InChI is InChI=1S/C11H17N3O/c1-5-6-8(2)10-7-9(11(15)12-3)13-14(10)4/h5-6,10H,2,7H2,1,3-4H3,(H,12,15)/b6-5-. The predicted molar refractivity (Wildman–Crippen MR) is 61.6 cm³/mol. The van der Waals surface area contributed by atoms with Gasteiger partial charge in [-0.3, -0.25) is 9.80 Å². The fourth-order valence-electron chi connectivity index (χ4n) is 1.59. The van der Waals surface area contributed by atoms with Crippen molar-refractivity contribution in [1.29, 1.82) is 0 Å². The van der Waals surface area contributed by atoms with Gasteiger partial charge in [0.1, 0.15) is 5.71 Å². The fourth-order valence-corrected chi connectivity index (χ4v) is 1.59. The van der Waals surface area contributed by atoms with Gasteiger partial charge in [-0.05, 0) is 12.5 Å². The maximum atomic E-state index is 11.4. The summed E-state index contributed by atoms with van der Waals surface area (Å²) < 4.78 is 0. The van der Waals surface area contributed by atoms with Crippen molar-refractivity contribution in [2.75, 3.05) is 14.1 Å². The number of allylic oxidation sites excluding steroid dienone is 1. The second-order valence-corrected chi connectivity index (χ2v) is 3.49. The van der Waals surface area contributed by atoms with Crippen LogP contribution in [0.15, 0.2) is 29.4 Å². The summed E-state index contributed by atoms with van der Waals surface area (Å²) >= 11 is 0. The van der Waals surface area contributed by atoms with Crippen LogP contribution in [0.5, 0.6) is 0 Å². The first-order valence-electron chi connectivity index (χ1n) is 4.94. The Morgan fingerprint density at radius 2 is 2.40 bits per heavy atom. The summed E-state index contributed by atoms with van der Waals surface area (Å²) in [7, 11) is 3.47. The summed E-state index contributed by atoms with van der Waals surface area (Å²) in [5.74, 6) is -0.113. The highest BCUT2D eigenvalue weighted by Crippen LogP contribution is 2.20. The van der Waals surface area contributed by atoms with Crippen molar-refractivity contribution in [2.45, 2.75) is 19.4 Å². The number of hydrazone groups is 1. The third-order valence-corrected chi connectivity index (χ3v) is 2.41. The quantitative estimate of drug-likeness (QED) is 0.700. The van der Waals surface area contributed by atoms with E-state index in [0.717, 1.165) is 5.57 Å². The van der Waals surface area contributed by atoms with Crippen molar-refractivity contribution in [3.8, 4) is 0 Å². The smallest absolute Gasteiger partial charge is 0.267 e. The molecule has 1 heterocycles. The van der Waals surface area contributed by atoms with E-state index in [-0.39, 0.29) is 11.9 Å². The molecule has 82 valence electrons. The van der Waals surface area contributed by atoms with Crippen molar-refractivity contribution >= 4 is 11.6 Å². The van der Waals surface area contributed by atoms with E-state index in [1.165, 1.54) is 0 Å². The third kappa shape index (κ3) is 2.46. The molecule has 1 aliphatic heterocycles. The molecular formula is C11H17N3O. The van der Waals surface area contributed by atoms with Gasteiger partial charge >= 0.3 is 0 Å². The Bertz CT molecular complexity index is 331. The summed E-state index contributed by atoms with van der Waals surface area (Å²) in [6, 6.07) is 0.105. The molecule has 0 fully saturated rings. The van der Waals surface area contributed by atoms with Crippen LogP contribution >= 0.6 is 0 Å². The molecule has 1 amide bonds. The minimum Gasteiger partial charge on any atom is -0.354 e. The molecule has 4 heteroatoms. The summed E-state index contributed by atoms with van der Waals surface area (Å²) in [6.07, 6.45) is 4.51. The van der Waals surface area contributed by atoms with Crippen LogP contribution in [0.2, 0.25) is 0 Å². The monoisotopic (exact) mass is 207 g/mol. The first-order chi connectivity index (χ1) is 7.10. The largest absolute Gasteiger partial charge is 0.354 e. The molecule has 0 spiro atoms. The molecule has 1 rings (SSSR count). The molecule has 0 radical (unpaired) electrons. The molecule has 1 unspecified atom stereocenters. The first kappa shape index (κ1) is 11.5. The molecule has 0 saturated carbocycles. The second kappa shape index (κ2) is 4.77. The average Bonchev–Trinajstić information content (AvgIpc) is 2.59. The van der Waals surface area contributed by atoms with E-state index in [1.54, 1.807) is 12.1 Å². The molecule has 1 N–H and O–H groups in total. The molecule has 0 aromatic rings. The SMILES string of the molecule is C=C(/C=C\C)C1CC(C(=O)NC)=NN1C. The van der Waals surface area contributed by atoms with E-state index in [2.05, 4.69) is 17.0 Å². The fraction of sp³-hybridized carbons (Fsp3) is 0.455. The summed E-state index contributed by atoms with van der Waals surface area (Å²) in [6.45, 7) is 5.91. The second-order valence-electron chi connectivity index (χ2n) is 3.49. The molecule has 1 aliphatic rings. The van der Waals surface area contributed by atoms with Crippen LogP contribution in [-0.4, -0.2) is 36.8 Å². The molecule has 0 aliphatic carbocycles. The van der Waals surface area contributed by atoms with Crippen LogP contribution in [-0.2, 0) is 4.79 Å². The Kier molecular flexibility index (Phi) is 3.66. The number of nitrogens with zero attached hydrogens (tertiary/aromatic N) is 2. The Balaban J connectivity index is 2.71. The van der Waals surface area contributed by atoms with Crippen LogP contribution < -0.4 is 5.32 Å². The zero-order valence-corrected chi connectivity index (χ0v) is 9.45. The number of amides is 1. The minimum absolute atomic E-state index is 0.105. The number of nitrogens with one attached hydrogen (secondary N) is 1. The van der Waals surface area contributed by atoms with Crippen molar-refractivity contribution in [1.82, 2.24) is 10.3 Å². The normalized spacial score (nSPS) is 20.6. The zero-order valence-electron chi connectivity index (χ0n) is 9.45. The van der Waals surface area contributed by atoms with Crippen molar-refractivity contribution in [3.63, 3.8) is 0 Å². The minimum atomic E-state index is -0.113. The molecule has 4 nitrogen and oxygen atoms in total. The van der Waals surface area contributed by atoms with E-state index in [1.807, 2.05) is 26.1 Å². The summed E-state index contributed by atoms with van der Waals surface area (Å²) in [5, 5.41) is 8.55. The number of hydrogen-bond donors (Lipinski definition) is 1. The van der Waals surface area contributed by atoms with E-state index in [0.29, 0.717) is 12.1 Å². The number of rotatable bonds is 3. The Morgan fingerprint density at radius 1 is 1.73 bits per heavy atom. The average molecular weight is 207 g/mol. The molecule has 0 aromatic carbocycles. The molecule has 15 heavy (non-hydrogen) atoms. The van der Waals surface area contributed by atoms with E-state index < -0.39 is 0 Å². The first-order valence-corrected chi connectivity index (χ1v) is 4.94. The Morgan fingerprint density at radius 3 is 2.93 bits per heavy atom. The van der Waals surface area contributed by atoms with Gasteiger partial charge in [-0.1, -0.05) is 18.7 Å². The Hall–Kier alpha value is -1.58. The van der Waals surface area contributed by atoms with Gasteiger partial charge in [-0.2, -0.15) is 5.10 Å². The topological polar surface area (TPSA) is 44.7 Å². The molecular weight excluding hydrogens is 190 g/mol. The number of hydrogen-bond acceptors (Lipinski definition) is 3. The van der Waals surface area contributed by atoms with Crippen LogP contribution in [0.25, 0.3) is 0 Å². The lowest BCUT2D eigenvalue weighted by Gasteiger charge is -2.18. The lowest BCUT2D eigenvalue weighted by atomic mass is 10.0. The van der Waals surface area contributed by atoms with Crippen LogP contribution in [0.4, 0.5) is 0 Å². The van der Waals surface area contributed by atoms with Crippen LogP contribution in [0.1, 0.15) is 13.3 Å². The van der Waals surface area contributed by atoms with Gasteiger partial charge in [0.05, 0.1) is 6.04 Å². The Labute approximate surface area is 90.3 Å². The van der Waals surface area contributed by atoms with Gasteiger partial charge in [0.15, 0.2) is 0 Å². The molecule has 0 saturated heterocycles. The van der Waals surface area contributed by atoms with Crippen LogP contribution in [0, 0.1) is 0 Å². The van der Waals surface area contributed by atoms with Gasteiger partial charge in [-0.15, -0.1) is 0 Å². The maximum Gasteiger partial charge on any atom is 0.267 e. The summed E-state index contributed by atoms with van der Waals surface area (Å²) in [5.41, 5.74) is 1.54. The lowest BCUT2D eigenvalue weighted by molar-refractivity contribution is -0.114. The van der Waals surface area contributed by atoms with Gasteiger partial charge < -0.3 is 5.32 Å². The highest BCUT2D eigenvalue weighted by atomic mass is 16.1. The van der Waals surface area contributed by atoms with Gasteiger partial charge in [0.2, 0.25) is 0 Å². The zero-order chi connectivity index (χ0) is 11.4. The van der Waals surface area contributed by atoms with Crippen molar-refractivity contribution in [3.05, 3.63) is 24.3 Å². The third-order valence-electron chi connectivity index (χ3n) is 2.41. The number of likely N-dealkylation sites (N-methyl/N-ethyl adjacent to an activating group) is 1. The molecule has 0 aromatic heterocycles. The van der Waals surface area contributed by atoms with E-state index >= 15 is 0 Å². The molecule has 1 atom stereocenters. The maximum absolute atomic E-state index is 11.4. The van der Waals surface area contributed by atoms with Gasteiger partial charge in [0.25, 0.3) is 5.91 Å². The van der Waals surface area contributed by atoms with Gasteiger partial charge in [-0.25, -0.2) is 0 Å². The van der Waals surface area contributed by atoms with Crippen molar-refractivity contribution in [2.24, 2.45) is 5.10 Å². The highest BCUT2D eigenvalue weighted by Gasteiger charge is 2.28. The number of carbonyl (C=O) groups excluding carboxylic acids is 1. The van der Waals surface area contributed by atoms with E-state index in [9.17, 15) is 4.79 Å².